The number of para-hydroxylation sites is 2. The zero-order chi connectivity index (χ0) is 19.0. The molecule has 0 radical (unpaired) electrons. The predicted octanol–water partition coefficient (Wildman–Crippen LogP) is 2.78. The molecule has 0 bridgehead atoms. The molecule has 2 aromatic heterocycles. The number of hydrogen-bond donors (Lipinski definition) is 0. The summed E-state index contributed by atoms with van der Waals surface area (Å²) in [7, 11) is 1.62. The van der Waals surface area contributed by atoms with E-state index in [1.165, 1.54) is 0 Å². The first kappa shape index (κ1) is 17.3. The molecule has 1 aliphatic rings. The molecular formula is C20H23N5O2. The molecule has 1 aliphatic heterocycles. The van der Waals surface area contributed by atoms with Gasteiger partial charge in [0.25, 0.3) is 5.91 Å². The van der Waals surface area contributed by atoms with Crippen LogP contribution in [-0.2, 0) is 0 Å². The third-order valence-electron chi connectivity index (χ3n) is 5.00. The van der Waals surface area contributed by atoms with E-state index in [4.69, 9.17) is 4.74 Å². The number of benzene rings is 1. The van der Waals surface area contributed by atoms with Crippen molar-refractivity contribution in [3.8, 4) is 11.4 Å². The minimum Gasteiger partial charge on any atom is -0.494 e. The molecule has 0 spiro atoms. The number of nitrogens with zero attached hydrogens (tertiary/aromatic N) is 5. The Kier molecular flexibility index (Phi) is 4.43. The number of hydrogen-bond acceptors (Lipinski definition) is 4. The summed E-state index contributed by atoms with van der Waals surface area (Å²) in [5.74, 6) is 0.713. The molecule has 1 aromatic carbocycles. The van der Waals surface area contributed by atoms with E-state index in [0.717, 1.165) is 30.0 Å². The summed E-state index contributed by atoms with van der Waals surface area (Å²) in [6.45, 7) is 5.44. The first-order valence-electron chi connectivity index (χ1n) is 9.07. The molecular weight excluding hydrogens is 342 g/mol. The Bertz CT molecular complexity index is 974. The van der Waals surface area contributed by atoms with Gasteiger partial charge in [0, 0.05) is 25.0 Å². The molecule has 0 saturated carbocycles. The fourth-order valence-electron chi connectivity index (χ4n) is 3.71. The number of amides is 1. The SMILES string of the molecule is COc1ccccc1-n1cc(C(=O)N2CC[C@@H](n3nc(C)cc3C)C2)cn1. The Labute approximate surface area is 158 Å². The van der Waals surface area contributed by atoms with Crippen LogP contribution in [0.25, 0.3) is 5.69 Å². The molecule has 7 heteroatoms. The van der Waals surface area contributed by atoms with Crippen molar-refractivity contribution in [1.82, 2.24) is 24.5 Å². The van der Waals surface area contributed by atoms with E-state index in [9.17, 15) is 4.79 Å². The lowest BCUT2D eigenvalue weighted by atomic mass is 10.2. The maximum absolute atomic E-state index is 12.9. The van der Waals surface area contributed by atoms with Crippen LogP contribution in [0.3, 0.4) is 0 Å². The molecule has 140 valence electrons. The van der Waals surface area contributed by atoms with Crippen molar-refractivity contribution < 1.29 is 9.53 Å². The monoisotopic (exact) mass is 365 g/mol. The van der Waals surface area contributed by atoms with Gasteiger partial charge in [-0.15, -0.1) is 0 Å². The van der Waals surface area contributed by atoms with Crippen molar-refractivity contribution in [1.29, 1.82) is 0 Å². The van der Waals surface area contributed by atoms with Crippen molar-refractivity contribution in [2.75, 3.05) is 20.2 Å². The molecule has 1 amide bonds. The van der Waals surface area contributed by atoms with Crippen LogP contribution in [0.2, 0.25) is 0 Å². The van der Waals surface area contributed by atoms with Gasteiger partial charge in [0.2, 0.25) is 0 Å². The molecule has 0 N–H and O–H groups in total. The second-order valence-electron chi connectivity index (χ2n) is 6.91. The summed E-state index contributed by atoms with van der Waals surface area (Å²) in [6, 6.07) is 9.91. The lowest BCUT2D eigenvalue weighted by molar-refractivity contribution is 0.0787. The maximum atomic E-state index is 12.9. The number of aromatic nitrogens is 4. The smallest absolute Gasteiger partial charge is 0.257 e. The van der Waals surface area contributed by atoms with Crippen molar-refractivity contribution in [2.45, 2.75) is 26.3 Å². The standard InChI is InChI=1S/C20H23N5O2/c1-14-10-15(2)25(22-14)17-8-9-23(13-17)20(26)16-11-21-24(12-16)18-6-4-5-7-19(18)27-3/h4-7,10-12,17H,8-9,13H2,1-3H3/t17-/m1/s1. The van der Waals surface area contributed by atoms with Crippen molar-refractivity contribution >= 4 is 5.91 Å². The number of carbonyl (C=O) groups is 1. The van der Waals surface area contributed by atoms with E-state index in [2.05, 4.69) is 23.2 Å². The van der Waals surface area contributed by atoms with Gasteiger partial charge in [-0.1, -0.05) is 12.1 Å². The molecule has 27 heavy (non-hydrogen) atoms. The van der Waals surface area contributed by atoms with Gasteiger partial charge in [0.15, 0.2) is 0 Å². The van der Waals surface area contributed by atoms with Crippen LogP contribution in [0.5, 0.6) is 5.75 Å². The minimum absolute atomic E-state index is 0.000166. The highest BCUT2D eigenvalue weighted by molar-refractivity contribution is 5.94. The normalized spacial score (nSPS) is 16.7. The van der Waals surface area contributed by atoms with Gasteiger partial charge in [-0.3, -0.25) is 9.48 Å². The Balaban J connectivity index is 1.51. The number of methoxy groups -OCH3 is 1. The Morgan fingerprint density at radius 2 is 2.07 bits per heavy atom. The summed E-state index contributed by atoms with van der Waals surface area (Å²) >= 11 is 0. The van der Waals surface area contributed by atoms with E-state index in [1.807, 2.05) is 40.8 Å². The molecule has 1 fully saturated rings. The van der Waals surface area contributed by atoms with E-state index in [1.54, 1.807) is 24.2 Å². The fourth-order valence-corrected chi connectivity index (χ4v) is 3.71. The number of aryl methyl sites for hydroxylation is 2. The average molecular weight is 365 g/mol. The second kappa shape index (κ2) is 6.90. The molecule has 0 unspecified atom stereocenters. The zero-order valence-corrected chi connectivity index (χ0v) is 15.8. The molecule has 4 rings (SSSR count). The van der Waals surface area contributed by atoms with Gasteiger partial charge in [0.05, 0.1) is 30.6 Å². The number of ether oxygens (including phenoxy) is 1. The van der Waals surface area contributed by atoms with Crippen molar-refractivity contribution in [3.05, 3.63) is 59.7 Å². The first-order chi connectivity index (χ1) is 13.1. The van der Waals surface area contributed by atoms with E-state index >= 15 is 0 Å². The summed E-state index contributed by atoms with van der Waals surface area (Å²) in [4.78, 5) is 14.8. The first-order valence-corrected chi connectivity index (χ1v) is 9.07. The summed E-state index contributed by atoms with van der Waals surface area (Å²) < 4.78 is 9.10. The third kappa shape index (κ3) is 3.20. The van der Waals surface area contributed by atoms with E-state index in [-0.39, 0.29) is 11.9 Å². The average Bonchev–Trinajstić information content (AvgIpc) is 3.40. The molecule has 0 aliphatic carbocycles. The summed E-state index contributed by atoms with van der Waals surface area (Å²) in [5.41, 5.74) is 3.53. The Morgan fingerprint density at radius 1 is 1.26 bits per heavy atom. The van der Waals surface area contributed by atoms with Crippen molar-refractivity contribution in [2.24, 2.45) is 0 Å². The molecule has 1 atom stereocenters. The lowest BCUT2D eigenvalue weighted by Gasteiger charge is -2.16. The van der Waals surface area contributed by atoms with E-state index in [0.29, 0.717) is 17.9 Å². The van der Waals surface area contributed by atoms with Crippen LogP contribution in [-0.4, -0.2) is 50.6 Å². The van der Waals surface area contributed by atoms with Gasteiger partial charge >= 0.3 is 0 Å². The van der Waals surface area contributed by atoms with Gasteiger partial charge < -0.3 is 9.64 Å². The topological polar surface area (TPSA) is 65.2 Å². The summed E-state index contributed by atoms with van der Waals surface area (Å²) in [5, 5.41) is 8.92. The molecule has 7 nitrogen and oxygen atoms in total. The Hall–Kier alpha value is -3.09. The quantitative estimate of drug-likeness (QED) is 0.713. The van der Waals surface area contributed by atoms with Gasteiger partial charge in [0.1, 0.15) is 11.4 Å². The lowest BCUT2D eigenvalue weighted by Crippen LogP contribution is -2.29. The van der Waals surface area contributed by atoms with Crippen LogP contribution in [0, 0.1) is 13.8 Å². The summed E-state index contributed by atoms with van der Waals surface area (Å²) in [6.07, 6.45) is 4.29. The van der Waals surface area contributed by atoms with Crippen molar-refractivity contribution in [3.63, 3.8) is 0 Å². The Morgan fingerprint density at radius 3 is 2.81 bits per heavy atom. The largest absolute Gasteiger partial charge is 0.494 e. The maximum Gasteiger partial charge on any atom is 0.257 e. The highest BCUT2D eigenvalue weighted by Gasteiger charge is 2.30. The van der Waals surface area contributed by atoms with Crippen LogP contribution in [0.1, 0.15) is 34.2 Å². The molecule has 3 aromatic rings. The van der Waals surface area contributed by atoms with Crippen LogP contribution >= 0.6 is 0 Å². The van der Waals surface area contributed by atoms with Crippen LogP contribution < -0.4 is 4.74 Å². The van der Waals surface area contributed by atoms with Gasteiger partial charge in [-0.25, -0.2) is 4.68 Å². The second-order valence-corrected chi connectivity index (χ2v) is 6.91. The number of likely N-dealkylation sites (tertiary alicyclic amines) is 1. The highest BCUT2D eigenvalue weighted by atomic mass is 16.5. The fraction of sp³-hybridized carbons (Fsp3) is 0.350. The van der Waals surface area contributed by atoms with Crippen LogP contribution in [0.4, 0.5) is 0 Å². The molecule has 1 saturated heterocycles. The predicted molar refractivity (Wildman–Crippen MR) is 101 cm³/mol. The highest BCUT2D eigenvalue weighted by Crippen LogP contribution is 2.25. The zero-order valence-electron chi connectivity index (χ0n) is 15.8. The van der Waals surface area contributed by atoms with Gasteiger partial charge in [-0.2, -0.15) is 10.2 Å². The van der Waals surface area contributed by atoms with Gasteiger partial charge in [-0.05, 0) is 38.5 Å². The number of rotatable bonds is 4. The van der Waals surface area contributed by atoms with Crippen LogP contribution in [0.15, 0.2) is 42.7 Å². The minimum atomic E-state index is 0.000166. The molecule has 3 heterocycles. The third-order valence-corrected chi connectivity index (χ3v) is 5.00. The van der Waals surface area contributed by atoms with E-state index < -0.39 is 0 Å². The number of carbonyl (C=O) groups excluding carboxylic acids is 1.